The van der Waals surface area contributed by atoms with Crippen LogP contribution in [-0.4, -0.2) is 26.8 Å². The van der Waals surface area contributed by atoms with Gasteiger partial charge >= 0.3 is 0 Å². The third-order valence-corrected chi connectivity index (χ3v) is 3.31. The Morgan fingerprint density at radius 2 is 2.35 bits per heavy atom. The summed E-state index contributed by atoms with van der Waals surface area (Å²) in [6, 6.07) is 5.49. The van der Waals surface area contributed by atoms with E-state index in [1.54, 1.807) is 13.2 Å². The molecule has 3 nitrogen and oxygen atoms in total. The molecule has 4 heteroatoms. The van der Waals surface area contributed by atoms with Crippen LogP contribution in [0.15, 0.2) is 18.2 Å². The highest BCUT2D eigenvalue weighted by Gasteiger charge is 2.14. The van der Waals surface area contributed by atoms with Gasteiger partial charge < -0.3 is 14.8 Å². The zero-order chi connectivity index (χ0) is 12.1. The molecular weight excluding hydrogens is 238 g/mol. The van der Waals surface area contributed by atoms with Crippen LogP contribution in [-0.2, 0) is 0 Å². The SMILES string of the molecule is COc1ccc(OC[C@@H]2CCCNC2)c(Cl)c1. The Hall–Kier alpha value is -0.930. The first-order chi connectivity index (χ1) is 8.29. The third-order valence-electron chi connectivity index (χ3n) is 3.01. The molecule has 1 saturated heterocycles. The molecule has 2 rings (SSSR count). The smallest absolute Gasteiger partial charge is 0.138 e. The van der Waals surface area contributed by atoms with Crippen molar-refractivity contribution < 1.29 is 9.47 Å². The standard InChI is InChI=1S/C13H18ClNO2/c1-16-11-4-5-13(12(14)7-11)17-9-10-3-2-6-15-8-10/h4-5,7,10,15H,2-3,6,8-9H2,1H3/t10-/m1/s1. The fraction of sp³-hybridized carbons (Fsp3) is 0.538. The minimum Gasteiger partial charge on any atom is -0.497 e. The van der Waals surface area contributed by atoms with Crippen molar-refractivity contribution in [2.45, 2.75) is 12.8 Å². The lowest BCUT2D eigenvalue weighted by molar-refractivity contribution is 0.218. The quantitative estimate of drug-likeness (QED) is 0.898. The van der Waals surface area contributed by atoms with Gasteiger partial charge in [0.25, 0.3) is 0 Å². The number of hydrogen-bond acceptors (Lipinski definition) is 3. The van der Waals surface area contributed by atoms with Gasteiger partial charge in [0.2, 0.25) is 0 Å². The summed E-state index contributed by atoms with van der Waals surface area (Å²) in [6.45, 7) is 2.88. The van der Waals surface area contributed by atoms with Crippen molar-refractivity contribution in [2.24, 2.45) is 5.92 Å². The molecule has 0 unspecified atom stereocenters. The number of halogens is 1. The Balaban J connectivity index is 1.89. The summed E-state index contributed by atoms with van der Waals surface area (Å²) in [5, 5.41) is 3.98. The molecule has 1 fully saturated rings. The fourth-order valence-corrected chi connectivity index (χ4v) is 2.22. The van der Waals surface area contributed by atoms with Gasteiger partial charge in [0, 0.05) is 18.5 Å². The molecule has 17 heavy (non-hydrogen) atoms. The van der Waals surface area contributed by atoms with Crippen molar-refractivity contribution >= 4 is 11.6 Å². The van der Waals surface area contributed by atoms with Crippen molar-refractivity contribution in [1.29, 1.82) is 0 Å². The van der Waals surface area contributed by atoms with Crippen LogP contribution in [0.2, 0.25) is 5.02 Å². The van der Waals surface area contributed by atoms with E-state index >= 15 is 0 Å². The Morgan fingerprint density at radius 1 is 1.47 bits per heavy atom. The second-order valence-corrected chi connectivity index (χ2v) is 4.73. The maximum atomic E-state index is 6.11. The first-order valence-electron chi connectivity index (χ1n) is 5.96. The summed E-state index contributed by atoms with van der Waals surface area (Å²) in [6.07, 6.45) is 2.45. The number of nitrogens with one attached hydrogen (secondary N) is 1. The highest BCUT2D eigenvalue weighted by Crippen LogP contribution is 2.29. The number of hydrogen-bond donors (Lipinski definition) is 1. The molecule has 0 bridgehead atoms. The predicted octanol–water partition coefficient (Wildman–Crippen LogP) is 2.73. The minimum atomic E-state index is 0.585. The van der Waals surface area contributed by atoms with Gasteiger partial charge in [0.15, 0.2) is 0 Å². The Bertz CT molecular complexity index is 364. The normalized spacial score (nSPS) is 20.0. The molecule has 1 N–H and O–H groups in total. The van der Waals surface area contributed by atoms with Crippen molar-refractivity contribution in [3.63, 3.8) is 0 Å². The second-order valence-electron chi connectivity index (χ2n) is 4.32. The zero-order valence-electron chi connectivity index (χ0n) is 10.0. The van der Waals surface area contributed by atoms with E-state index in [0.717, 1.165) is 31.2 Å². The fourth-order valence-electron chi connectivity index (χ4n) is 2.00. The van der Waals surface area contributed by atoms with Crippen LogP contribution >= 0.6 is 11.6 Å². The van der Waals surface area contributed by atoms with Gasteiger partial charge in [-0.1, -0.05) is 11.6 Å². The molecule has 1 aliphatic heterocycles. The summed E-state index contributed by atoms with van der Waals surface area (Å²) in [7, 11) is 1.62. The van der Waals surface area contributed by atoms with Crippen LogP contribution in [0.5, 0.6) is 11.5 Å². The van der Waals surface area contributed by atoms with Crippen molar-refractivity contribution in [3.8, 4) is 11.5 Å². The average Bonchev–Trinajstić information content (AvgIpc) is 2.38. The van der Waals surface area contributed by atoms with E-state index in [1.165, 1.54) is 12.8 Å². The largest absolute Gasteiger partial charge is 0.497 e. The summed E-state index contributed by atoms with van der Waals surface area (Å²) in [5.74, 6) is 2.07. The molecule has 0 aliphatic carbocycles. The van der Waals surface area contributed by atoms with Gasteiger partial charge in [-0.25, -0.2) is 0 Å². The zero-order valence-corrected chi connectivity index (χ0v) is 10.8. The van der Waals surface area contributed by atoms with Crippen molar-refractivity contribution in [3.05, 3.63) is 23.2 Å². The maximum Gasteiger partial charge on any atom is 0.138 e. The predicted molar refractivity (Wildman–Crippen MR) is 69.1 cm³/mol. The summed E-state index contributed by atoms with van der Waals surface area (Å²) in [4.78, 5) is 0. The van der Waals surface area contributed by atoms with E-state index < -0.39 is 0 Å². The van der Waals surface area contributed by atoms with Gasteiger partial charge in [-0.05, 0) is 31.5 Å². The highest BCUT2D eigenvalue weighted by molar-refractivity contribution is 6.32. The average molecular weight is 256 g/mol. The summed E-state index contributed by atoms with van der Waals surface area (Å²) in [5.41, 5.74) is 0. The van der Waals surface area contributed by atoms with E-state index in [2.05, 4.69) is 5.32 Å². The number of rotatable bonds is 4. The van der Waals surface area contributed by atoms with Crippen LogP contribution in [0.25, 0.3) is 0 Å². The lowest BCUT2D eigenvalue weighted by Gasteiger charge is -2.23. The van der Waals surface area contributed by atoms with E-state index in [1.807, 2.05) is 12.1 Å². The van der Waals surface area contributed by atoms with Gasteiger partial charge in [0.05, 0.1) is 18.7 Å². The third kappa shape index (κ3) is 3.51. The number of methoxy groups -OCH3 is 1. The van der Waals surface area contributed by atoms with Crippen LogP contribution in [0.3, 0.4) is 0 Å². The first kappa shape index (κ1) is 12.5. The lowest BCUT2D eigenvalue weighted by atomic mass is 10.0. The molecule has 94 valence electrons. The molecule has 0 spiro atoms. The van der Waals surface area contributed by atoms with Crippen LogP contribution in [0, 0.1) is 5.92 Å². The number of benzene rings is 1. The highest BCUT2D eigenvalue weighted by atomic mass is 35.5. The molecule has 1 aliphatic rings. The minimum absolute atomic E-state index is 0.585. The molecular formula is C13H18ClNO2. The first-order valence-corrected chi connectivity index (χ1v) is 6.34. The molecule has 1 heterocycles. The summed E-state index contributed by atoms with van der Waals surface area (Å²) < 4.78 is 10.8. The lowest BCUT2D eigenvalue weighted by Crippen LogP contribution is -2.33. The second kappa shape index (κ2) is 6.12. The molecule has 1 aromatic carbocycles. The van der Waals surface area contributed by atoms with Gasteiger partial charge in [0.1, 0.15) is 11.5 Å². The molecule has 0 aromatic heterocycles. The Kier molecular flexibility index (Phi) is 4.51. The van der Waals surface area contributed by atoms with Crippen molar-refractivity contribution in [2.75, 3.05) is 26.8 Å². The van der Waals surface area contributed by atoms with E-state index in [0.29, 0.717) is 10.9 Å². The van der Waals surface area contributed by atoms with Gasteiger partial charge in [-0.15, -0.1) is 0 Å². The van der Waals surface area contributed by atoms with Gasteiger partial charge in [-0.3, -0.25) is 0 Å². The Morgan fingerprint density at radius 3 is 3.00 bits per heavy atom. The molecule has 1 aromatic rings. The molecule has 1 atom stereocenters. The monoisotopic (exact) mass is 255 g/mol. The maximum absolute atomic E-state index is 6.11. The van der Waals surface area contributed by atoms with Crippen LogP contribution in [0.4, 0.5) is 0 Å². The molecule has 0 radical (unpaired) electrons. The summed E-state index contributed by atoms with van der Waals surface area (Å²) >= 11 is 6.11. The van der Waals surface area contributed by atoms with Crippen molar-refractivity contribution in [1.82, 2.24) is 5.32 Å². The van der Waals surface area contributed by atoms with Gasteiger partial charge in [-0.2, -0.15) is 0 Å². The van der Waals surface area contributed by atoms with E-state index in [4.69, 9.17) is 21.1 Å². The topological polar surface area (TPSA) is 30.5 Å². The van der Waals surface area contributed by atoms with E-state index in [-0.39, 0.29) is 0 Å². The van der Waals surface area contributed by atoms with Crippen LogP contribution in [0.1, 0.15) is 12.8 Å². The molecule has 0 saturated carbocycles. The molecule has 0 amide bonds. The van der Waals surface area contributed by atoms with E-state index in [9.17, 15) is 0 Å². The Labute approximate surface area is 107 Å². The number of piperidine rings is 1. The van der Waals surface area contributed by atoms with Crippen LogP contribution < -0.4 is 14.8 Å². The number of ether oxygens (including phenoxy) is 2.